The fourth-order valence-corrected chi connectivity index (χ4v) is 1.34. The summed E-state index contributed by atoms with van der Waals surface area (Å²) in [5.74, 6) is 0.164. The first-order valence-corrected chi connectivity index (χ1v) is 4.99. The predicted molar refractivity (Wildman–Crippen MR) is 59.3 cm³/mol. The van der Waals surface area contributed by atoms with Gasteiger partial charge in [0.25, 0.3) is 0 Å². The van der Waals surface area contributed by atoms with Crippen molar-refractivity contribution in [3.63, 3.8) is 0 Å². The van der Waals surface area contributed by atoms with Gasteiger partial charge in [0.15, 0.2) is 5.78 Å². The lowest BCUT2D eigenvalue weighted by Crippen LogP contribution is -1.98. The molecule has 0 unspecified atom stereocenters. The number of aryl methyl sites for hydroxylation is 1. The molecule has 1 aromatic carbocycles. The number of allylic oxidation sites excluding steroid dienone is 2. The minimum Gasteiger partial charge on any atom is -0.294 e. The van der Waals surface area contributed by atoms with Gasteiger partial charge < -0.3 is 0 Å². The van der Waals surface area contributed by atoms with Crippen molar-refractivity contribution in [2.24, 2.45) is 0 Å². The molecule has 0 saturated carbocycles. The van der Waals surface area contributed by atoms with Crippen molar-refractivity contribution in [2.75, 3.05) is 0 Å². The van der Waals surface area contributed by atoms with Crippen LogP contribution in [0, 0.1) is 0 Å². The van der Waals surface area contributed by atoms with Gasteiger partial charge in [0, 0.05) is 6.42 Å². The molecule has 14 heavy (non-hydrogen) atoms. The van der Waals surface area contributed by atoms with Gasteiger partial charge in [-0.25, -0.2) is 0 Å². The van der Waals surface area contributed by atoms with Gasteiger partial charge in [0.05, 0.1) is 0 Å². The van der Waals surface area contributed by atoms with Crippen LogP contribution < -0.4 is 0 Å². The highest BCUT2D eigenvalue weighted by atomic mass is 16.1. The normalized spacial score (nSPS) is 10.7. The van der Waals surface area contributed by atoms with E-state index in [2.05, 4.69) is 19.1 Å². The SMILES string of the molecule is C/C=C/C(=O)Cc1ccc(CC)cc1. The molecule has 0 aliphatic carbocycles. The van der Waals surface area contributed by atoms with Crippen LogP contribution in [0.15, 0.2) is 36.4 Å². The van der Waals surface area contributed by atoms with Crippen LogP contribution in [-0.4, -0.2) is 5.78 Å². The second kappa shape index (κ2) is 5.38. The Morgan fingerprint density at radius 2 is 1.79 bits per heavy atom. The molecule has 0 radical (unpaired) electrons. The fourth-order valence-electron chi connectivity index (χ4n) is 1.34. The standard InChI is InChI=1S/C13H16O/c1-3-5-13(14)10-12-8-6-11(4-2)7-9-12/h3,5-9H,4,10H2,1-2H3/b5-3+. The smallest absolute Gasteiger partial charge is 0.159 e. The molecule has 0 saturated heterocycles. The van der Waals surface area contributed by atoms with E-state index in [0.29, 0.717) is 6.42 Å². The van der Waals surface area contributed by atoms with Crippen LogP contribution in [0.4, 0.5) is 0 Å². The molecule has 0 aliphatic rings. The second-order valence-corrected chi connectivity index (χ2v) is 3.31. The van der Waals surface area contributed by atoms with Crippen LogP contribution in [0.3, 0.4) is 0 Å². The number of hydrogen-bond acceptors (Lipinski definition) is 1. The van der Waals surface area contributed by atoms with Crippen LogP contribution in [-0.2, 0) is 17.6 Å². The second-order valence-electron chi connectivity index (χ2n) is 3.31. The molecule has 0 fully saturated rings. The summed E-state index contributed by atoms with van der Waals surface area (Å²) in [6, 6.07) is 8.22. The minimum atomic E-state index is 0.164. The first-order valence-electron chi connectivity index (χ1n) is 4.99. The molecule has 0 N–H and O–H groups in total. The number of carbonyl (C=O) groups is 1. The summed E-state index contributed by atoms with van der Waals surface area (Å²) in [6.07, 6.45) is 4.95. The molecule has 0 heterocycles. The van der Waals surface area contributed by atoms with Gasteiger partial charge in [-0.1, -0.05) is 37.3 Å². The summed E-state index contributed by atoms with van der Waals surface area (Å²) in [6.45, 7) is 3.98. The van der Waals surface area contributed by atoms with Crippen molar-refractivity contribution in [1.29, 1.82) is 0 Å². The van der Waals surface area contributed by atoms with E-state index in [4.69, 9.17) is 0 Å². The molecule has 0 aliphatic heterocycles. The zero-order valence-corrected chi connectivity index (χ0v) is 8.79. The maximum Gasteiger partial charge on any atom is 0.159 e. The molecule has 1 nitrogen and oxygen atoms in total. The molecule has 1 heteroatoms. The van der Waals surface area contributed by atoms with Crippen LogP contribution in [0.5, 0.6) is 0 Å². The number of carbonyl (C=O) groups excluding carboxylic acids is 1. The van der Waals surface area contributed by atoms with Gasteiger partial charge >= 0.3 is 0 Å². The third-order valence-corrected chi connectivity index (χ3v) is 2.16. The van der Waals surface area contributed by atoms with Crippen molar-refractivity contribution < 1.29 is 4.79 Å². The summed E-state index contributed by atoms with van der Waals surface area (Å²) < 4.78 is 0. The van der Waals surface area contributed by atoms with E-state index >= 15 is 0 Å². The highest BCUT2D eigenvalue weighted by Gasteiger charge is 1.98. The molecule has 0 spiro atoms. The van der Waals surface area contributed by atoms with E-state index in [9.17, 15) is 4.79 Å². The maximum atomic E-state index is 11.3. The Morgan fingerprint density at radius 1 is 1.21 bits per heavy atom. The van der Waals surface area contributed by atoms with Crippen molar-refractivity contribution in [1.82, 2.24) is 0 Å². The molecule has 0 atom stereocenters. The Morgan fingerprint density at radius 3 is 2.29 bits per heavy atom. The van der Waals surface area contributed by atoms with E-state index in [0.717, 1.165) is 12.0 Å². The lowest BCUT2D eigenvalue weighted by molar-refractivity contribution is -0.114. The van der Waals surface area contributed by atoms with Gasteiger partial charge in [-0.3, -0.25) is 4.79 Å². The average molecular weight is 188 g/mol. The number of ketones is 1. The molecule has 74 valence electrons. The quantitative estimate of drug-likeness (QED) is 0.664. The number of hydrogen-bond donors (Lipinski definition) is 0. The summed E-state index contributed by atoms with van der Waals surface area (Å²) in [5, 5.41) is 0. The molecular formula is C13H16O. The average Bonchev–Trinajstić information content (AvgIpc) is 2.19. The van der Waals surface area contributed by atoms with Crippen molar-refractivity contribution in [3.8, 4) is 0 Å². The first-order chi connectivity index (χ1) is 6.76. The Bertz CT molecular complexity index is 320. The van der Waals surface area contributed by atoms with E-state index in [1.54, 1.807) is 12.2 Å². The van der Waals surface area contributed by atoms with Crippen molar-refractivity contribution in [2.45, 2.75) is 26.7 Å². The molecular weight excluding hydrogens is 172 g/mol. The number of rotatable bonds is 4. The first kappa shape index (κ1) is 10.7. The highest BCUT2D eigenvalue weighted by molar-refractivity contribution is 5.91. The third kappa shape index (κ3) is 3.17. The number of benzene rings is 1. The van der Waals surface area contributed by atoms with Crippen LogP contribution in [0.1, 0.15) is 25.0 Å². The maximum absolute atomic E-state index is 11.3. The van der Waals surface area contributed by atoms with Gasteiger partial charge in [-0.15, -0.1) is 0 Å². The van der Waals surface area contributed by atoms with Crippen molar-refractivity contribution in [3.05, 3.63) is 47.5 Å². The largest absolute Gasteiger partial charge is 0.294 e. The van der Waals surface area contributed by atoms with Crippen molar-refractivity contribution >= 4 is 5.78 Å². The van der Waals surface area contributed by atoms with E-state index in [1.807, 2.05) is 19.1 Å². The van der Waals surface area contributed by atoms with Gasteiger partial charge in [0.2, 0.25) is 0 Å². The lowest BCUT2D eigenvalue weighted by atomic mass is 10.1. The fraction of sp³-hybridized carbons (Fsp3) is 0.308. The van der Waals surface area contributed by atoms with Crippen LogP contribution >= 0.6 is 0 Å². The van der Waals surface area contributed by atoms with E-state index in [1.165, 1.54) is 5.56 Å². The third-order valence-electron chi connectivity index (χ3n) is 2.16. The summed E-state index contributed by atoms with van der Waals surface area (Å²) >= 11 is 0. The summed E-state index contributed by atoms with van der Waals surface area (Å²) in [4.78, 5) is 11.3. The molecule has 0 bridgehead atoms. The zero-order valence-electron chi connectivity index (χ0n) is 8.79. The highest BCUT2D eigenvalue weighted by Crippen LogP contribution is 2.06. The Kier molecular flexibility index (Phi) is 4.11. The zero-order chi connectivity index (χ0) is 10.4. The topological polar surface area (TPSA) is 17.1 Å². The summed E-state index contributed by atoms with van der Waals surface area (Å²) in [7, 11) is 0. The molecule has 0 aromatic heterocycles. The lowest BCUT2D eigenvalue weighted by Gasteiger charge is -1.99. The van der Waals surface area contributed by atoms with Gasteiger partial charge in [-0.2, -0.15) is 0 Å². The predicted octanol–water partition coefficient (Wildman–Crippen LogP) is 2.94. The monoisotopic (exact) mass is 188 g/mol. The minimum absolute atomic E-state index is 0.164. The Hall–Kier alpha value is -1.37. The summed E-state index contributed by atoms with van der Waals surface area (Å²) in [5.41, 5.74) is 2.40. The van der Waals surface area contributed by atoms with E-state index in [-0.39, 0.29) is 5.78 Å². The van der Waals surface area contributed by atoms with E-state index < -0.39 is 0 Å². The van der Waals surface area contributed by atoms with Crippen LogP contribution in [0.2, 0.25) is 0 Å². The molecule has 0 amide bonds. The van der Waals surface area contributed by atoms with Gasteiger partial charge in [-0.05, 0) is 30.5 Å². The Labute approximate surface area is 85.5 Å². The molecule has 1 aromatic rings. The Balaban J connectivity index is 2.64. The van der Waals surface area contributed by atoms with Gasteiger partial charge in [0.1, 0.15) is 0 Å². The molecule has 1 rings (SSSR count). The van der Waals surface area contributed by atoms with Crippen LogP contribution in [0.25, 0.3) is 0 Å².